The van der Waals surface area contributed by atoms with Crippen molar-refractivity contribution in [1.29, 1.82) is 0 Å². The van der Waals surface area contributed by atoms with E-state index in [0.29, 0.717) is 43.9 Å². The van der Waals surface area contributed by atoms with Gasteiger partial charge in [0, 0.05) is 32.1 Å². The molecule has 0 aliphatic carbocycles. The molecule has 0 bridgehead atoms. The number of hydrogen-bond donors (Lipinski definition) is 10. The highest BCUT2D eigenvalue weighted by Gasteiger charge is 2.20. The van der Waals surface area contributed by atoms with Gasteiger partial charge < -0.3 is 52.1 Å². The average Bonchev–Trinajstić information content (AvgIpc) is 0.944. The molecule has 0 saturated carbocycles. The van der Waals surface area contributed by atoms with Gasteiger partial charge in [-0.05, 0) is 209 Å². The molecule has 0 heterocycles. The summed E-state index contributed by atoms with van der Waals surface area (Å²) in [5.41, 5.74) is 0. The first-order valence-corrected chi connectivity index (χ1v) is 56.1. The van der Waals surface area contributed by atoms with E-state index in [0.717, 1.165) is 103 Å². The zero-order valence-corrected chi connectivity index (χ0v) is 89.8. The van der Waals surface area contributed by atoms with E-state index in [1.165, 1.54) is 302 Å². The molecule has 15 nitrogen and oxygen atoms in total. The molecule has 778 valence electrons. The lowest BCUT2D eigenvalue weighted by Gasteiger charge is -2.22. The molecule has 0 unspecified atom stereocenters. The number of aliphatic hydroxyl groups is 5. The summed E-state index contributed by atoms with van der Waals surface area (Å²) < 4.78 is 0. The first-order valence-electron chi connectivity index (χ1n) is 56.1. The predicted octanol–water partition coefficient (Wildman–Crippen LogP) is 31.1. The average molecular weight is 1860 g/mol. The third kappa shape index (κ3) is 111. The second-order valence-electron chi connectivity index (χ2n) is 39.6. The zero-order valence-electron chi connectivity index (χ0n) is 89.8. The predicted molar refractivity (Wildman–Crippen MR) is 576 cm³/mol. The summed E-state index contributed by atoms with van der Waals surface area (Å²) in [6.07, 6.45) is 113. The van der Waals surface area contributed by atoms with Crippen LogP contribution in [0.25, 0.3) is 0 Å². The fourth-order valence-corrected chi connectivity index (χ4v) is 15.3. The minimum absolute atomic E-state index is 0.0194. The second kappa shape index (κ2) is 113. The van der Waals surface area contributed by atoms with Crippen LogP contribution in [-0.2, 0) is 24.0 Å². The summed E-state index contributed by atoms with van der Waals surface area (Å²) in [6.45, 7) is 31.9. The first-order chi connectivity index (χ1) is 64.1. The highest BCUT2D eigenvalue weighted by atomic mass is 16.3. The van der Waals surface area contributed by atoms with E-state index in [4.69, 9.17) is 0 Å². The molecule has 5 amide bonds. The Labute approximate surface area is 819 Å². The summed E-state index contributed by atoms with van der Waals surface area (Å²) >= 11 is 0. The SMILES string of the molecule is CCCCC/C=C\C/C=C\CCCCCCCC(=O)N[C@H](CO)C(C)C.CCCCC/C=C\C/C=C\CCCCCCCC(=O)N[C@H](CO)[C@@H](C)CC.CCCCCCCC/C=C\CCCCCCCC(=O)N[C@@H](CO)C(C)C.CCCCCCCC/C=C\CCCCCCCC(=O)N[C@@H](CO)CC(C)C.CCCCCCCC/C=C\CCCCCCCC(=O)N[C@H](CO)C(C)C. The molecule has 0 aromatic rings. The Bertz CT molecular complexity index is 2530. The molecule has 0 aliphatic heterocycles. The van der Waals surface area contributed by atoms with Crippen molar-refractivity contribution in [2.75, 3.05) is 33.0 Å². The number of allylic oxidation sites excluding steroid dienone is 14. The molecule has 0 aromatic carbocycles. The molecule has 0 saturated heterocycles. The quantitative estimate of drug-likeness (QED) is 0.0204. The lowest BCUT2D eigenvalue weighted by atomic mass is 9.99. The van der Waals surface area contributed by atoms with Gasteiger partial charge in [-0.1, -0.05) is 414 Å². The Kier molecular flexibility index (Phi) is 117. The lowest BCUT2D eigenvalue weighted by molar-refractivity contribution is -0.123. The van der Waals surface area contributed by atoms with E-state index in [1.807, 2.05) is 41.5 Å². The minimum Gasteiger partial charge on any atom is -0.394 e. The van der Waals surface area contributed by atoms with E-state index >= 15 is 0 Å². The molecule has 0 spiro atoms. The van der Waals surface area contributed by atoms with E-state index in [-0.39, 0.29) is 111 Å². The summed E-state index contributed by atoms with van der Waals surface area (Å²) in [7, 11) is 0. The van der Waals surface area contributed by atoms with Crippen molar-refractivity contribution >= 4 is 29.5 Å². The third-order valence-corrected chi connectivity index (χ3v) is 25.0. The van der Waals surface area contributed by atoms with Crippen LogP contribution in [0.4, 0.5) is 0 Å². The Morgan fingerprint density at radius 1 is 0.212 bits per heavy atom. The van der Waals surface area contributed by atoms with Crippen molar-refractivity contribution in [2.24, 2.45) is 29.6 Å². The maximum atomic E-state index is 11.9. The van der Waals surface area contributed by atoms with Crippen LogP contribution in [0.3, 0.4) is 0 Å². The Balaban J connectivity index is -0.000000509. The van der Waals surface area contributed by atoms with Gasteiger partial charge in [0.15, 0.2) is 0 Å². The highest BCUT2D eigenvalue weighted by molar-refractivity contribution is 5.77. The van der Waals surface area contributed by atoms with Gasteiger partial charge in [-0.3, -0.25) is 24.0 Å². The van der Waals surface area contributed by atoms with Crippen LogP contribution in [0.2, 0.25) is 0 Å². The van der Waals surface area contributed by atoms with Crippen molar-refractivity contribution in [3.8, 4) is 0 Å². The molecular weight excluding hydrogens is 1640 g/mol. The maximum Gasteiger partial charge on any atom is 0.220 e. The molecule has 10 N–H and O–H groups in total. The van der Waals surface area contributed by atoms with Crippen molar-refractivity contribution in [3.63, 3.8) is 0 Å². The van der Waals surface area contributed by atoms with Crippen LogP contribution in [0, 0.1) is 29.6 Å². The Morgan fingerprint density at radius 3 is 0.576 bits per heavy atom. The fourth-order valence-electron chi connectivity index (χ4n) is 15.3. The molecule has 0 rings (SSSR count). The summed E-state index contributed by atoms with van der Waals surface area (Å²) in [5.74, 6) is 2.04. The zero-order chi connectivity index (χ0) is 98.7. The first kappa shape index (κ1) is 136. The molecule has 132 heavy (non-hydrogen) atoms. The largest absolute Gasteiger partial charge is 0.394 e. The second-order valence-corrected chi connectivity index (χ2v) is 39.6. The molecule has 0 aliphatic rings. The van der Waals surface area contributed by atoms with E-state index in [1.54, 1.807) is 0 Å². The highest BCUT2D eigenvalue weighted by Crippen LogP contribution is 2.19. The number of carbonyl (C=O) groups is 5. The van der Waals surface area contributed by atoms with Gasteiger partial charge in [0.1, 0.15) is 0 Å². The minimum atomic E-state index is -0.111. The monoisotopic (exact) mass is 1860 g/mol. The van der Waals surface area contributed by atoms with Crippen LogP contribution in [0.1, 0.15) is 540 Å². The Hall–Kier alpha value is -4.67. The molecule has 0 aromatic heterocycles. The van der Waals surface area contributed by atoms with Crippen LogP contribution < -0.4 is 26.6 Å². The number of nitrogens with one attached hydrogen (secondary N) is 5. The van der Waals surface area contributed by atoms with Crippen LogP contribution in [0.15, 0.2) is 85.1 Å². The van der Waals surface area contributed by atoms with Crippen molar-refractivity contribution in [1.82, 2.24) is 26.6 Å². The number of carbonyl (C=O) groups excluding carboxylic acids is 5. The van der Waals surface area contributed by atoms with Gasteiger partial charge in [-0.25, -0.2) is 0 Å². The Morgan fingerprint density at radius 2 is 0.386 bits per heavy atom. The smallest absolute Gasteiger partial charge is 0.220 e. The van der Waals surface area contributed by atoms with E-state index < -0.39 is 0 Å². The van der Waals surface area contributed by atoms with Crippen molar-refractivity contribution in [2.45, 2.75) is 571 Å². The third-order valence-electron chi connectivity index (χ3n) is 25.0. The van der Waals surface area contributed by atoms with Gasteiger partial charge in [0.2, 0.25) is 29.5 Å². The molecule has 15 heteroatoms. The van der Waals surface area contributed by atoms with Gasteiger partial charge in [0.05, 0.1) is 63.2 Å². The van der Waals surface area contributed by atoms with Gasteiger partial charge in [-0.15, -0.1) is 0 Å². The van der Waals surface area contributed by atoms with Crippen LogP contribution in [0.5, 0.6) is 0 Å². The van der Waals surface area contributed by atoms with Crippen LogP contribution in [-0.4, -0.2) is 118 Å². The lowest BCUT2D eigenvalue weighted by Crippen LogP contribution is -2.41. The summed E-state index contributed by atoms with van der Waals surface area (Å²) in [5, 5.41) is 61.0. The molecule has 0 fully saturated rings. The standard InChI is InChI=1S/C24H47NO2.C24H45NO2.2C23H45NO2.C23H43NO2/c1-4-5-6-7-8-9-10-11-12-13-14-15-16-17-18-19-24(27)25-23(21-26)20-22(2)3;1-4-6-7-8-9-10-11-12-13-14-15-16-17-18-19-20-24(27)25-23(21-26)22(3)5-2;3*1-4-5-6-7-8-9-10-11-12-13-14-15-16-17-18-19-23(26)24-22(20-25)21(2)3/h11-12,22-23,26H,4-10,13-21H2,1-3H3,(H,25,27);9-10,12-13,22-23,26H,4-8,11,14-21H2,1-3H3,(H,25,27);2*11-12,21-22,25H,4-10,13-20H2,1-3H3,(H,24,26);8-9,11-12,21-22,25H,4-7,10,13-20H2,1-3H3,(H,24,26)/b12-11-;10-9-,13-12-;2*12-11-;9-8-,12-11-/t23-;22-,23+;3*22-/m10101/s1. The molecular formula is C117H225N5O10. The normalized spacial score (nSPS) is 13.1. The van der Waals surface area contributed by atoms with Gasteiger partial charge in [0.25, 0.3) is 0 Å². The number of unbranched alkanes of at least 4 members (excludes halogenated alkanes) is 49. The topological polar surface area (TPSA) is 247 Å². The van der Waals surface area contributed by atoms with E-state index in [2.05, 4.69) is 174 Å². The van der Waals surface area contributed by atoms with Crippen molar-refractivity contribution < 1.29 is 49.5 Å². The molecule has 0 radical (unpaired) electrons. The van der Waals surface area contributed by atoms with E-state index in [9.17, 15) is 49.5 Å². The summed E-state index contributed by atoms with van der Waals surface area (Å²) in [6, 6.07) is -0.502. The molecule has 6 atom stereocenters. The van der Waals surface area contributed by atoms with Gasteiger partial charge >= 0.3 is 0 Å². The maximum absolute atomic E-state index is 11.9. The van der Waals surface area contributed by atoms with Crippen LogP contribution >= 0.6 is 0 Å². The number of amides is 5. The van der Waals surface area contributed by atoms with Crippen molar-refractivity contribution in [3.05, 3.63) is 85.1 Å². The number of rotatable bonds is 90. The fraction of sp³-hybridized carbons (Fsp3) is 0.838. The summed E-state index contributed by atoms with van der Waals surface area (Å²) in [4.78, 5) is 59.3. The van der Waals surface area contributed by atoms with Gasteiger partial charge in [-0.2, -0.15) is 0 Å². The number of hydrogen-bond acceptors (Lipinski definition) is 10. The number of aliphatic hydroxyl groups excluding tert-OH is 5.